The predicted molar refractivity (Wildman–Crippen MR) is 108 cm³/mol. The van der Waals surface area contributed by atoms with Gasteiger partial charge in [0.1, 0.15) is 11.6 Å². The summed E-state index contributed by atoms with van der Waals surface area (Å²) in [5, 5.41) is 6.65. The summed E-state index contributed by atoms with van der Waals surface area (Å²) in [6.45, 7) is 3.83. The maximum Gasteiger partial charge on any atom is 0.338 e. The summed E-state index contributed by atoms with van der Waals surface area (Å²) in [5.74, 6) is 0.335. The number of aromatic nitrogens is 3. The molecule has 0 saturated carbocycles. The Morgan fingerprint density at radius 3 is 2.83 bits per heavy atom. The SMILES string of the molecule is Cc1cc(NC(=O)[C@@H](C)OC(=O)c2ccc3c(=O)n4c(nc3c2)CCCCC4)no1. The first-order valence-corrected chi connectivity index (χ1v) is 9.91. The molecule has 30 heavy (non-hydrogen) atoms. The largest absolute Gasteiger partial charge is 0.449 e. The summed E-state index contributed by atoms with van der Waals surface area (Å²) in [6.07, 6.45) is 2.69. The fraction of sp³-hybridized carbons (Fsp3) is 0.381. The van der Waals surface area contributed by atoms with Crippen molar-refractivity contribution in [2.45, 2.75) is 52.2 Å². The van der Waals surface area contributed by atoms with E-state index in [0.717, 1.165) is 31.5 Å². The molecule has 0 unspecified atom stereocenters. The summed E-state index contributed by atoms with van der Waals surface area (Å²) in [7, 11) is 0. The van der Waals surface area contributed by atoms with Crippen LogP contribution in [0, 0.1) is 6.92 Å². The zero-order valence-corrected chi connectivity index (χ0v) is 16.8. The smallest absolute Gasteiger partial charge is 0.338 e. The quantitative estimate of drug-likeness (QED) is 0.657. The van der Waals surface area contributed by atoms with E-state index in [0.29, 0.717) is 23.2 Å². The first-order chi connectivity index (χ1) is 14.4. The third-order valence-corrected chi connectivity index (χ3v) is 5.08. The van der Waals surface area contributed by atoms with E-state index in [-0.39, 0.29) is 16.9 Å². The van der Waals surface area contributed by atoms with Crippen molar-refractivity contribution in [1.29, 1.82) is 0 Å². The molecule has 1 aliphatic heterocycles. The van der Waals surface area contributed by atoms with E-state index in [4.69, 9.17) is 9.26 Å². The Kier molecular flexibility index (Phi) is 5.35. The van der Waals surface area contributed by atoms with Gasteiger partial charge in [-0.2, -0.15) is 0 Å². The lowest BCUT2D eigenvalue weighted by molar-refractivity contribution is -0.123. The molecule has 0 radical (unpaired) electrons. The van der Waals surface area contributed by atoms with Gasteiger partial charge in [0, 0.05) is 19.0 Å². The molecule has 1 N–H and O–H groups in total. The fourth-order valence-corrected chi connectivity index (χ4v) is 3.48. The van der Waals surface area contributed by atoms with Crippen molar-refractivity contribution < 1.29 is 18.8 Å². The lowest BCUT2D eigenvalue weighted by Gasteiger charge is -2.13. The molecule has 1 amide bonds. The molecule has 1 aromatic carbocycles. The summed E-state index contributed by atoms with van der Waals surface area (Å²) in [6, 6.07) is 6.20. The molecule has 9 nitrogen and oxygen atoms in total. The minimum atomic E-state index is -1.05. The zero-order valence-electron chi connectivity index (χ0n) is 16.8. The van der Waals surface area contributed by atoms with Gasteiger partial charge in [-0.25, -0.2) is 9.78 Å². The van der Waals surface area contributed by atoms with Gasteiger partial charge in [-0.05, 0) is 44.9 Å². The third-order valence-electron chi connectivity index (χ3n) is 5.08. The van der Waals surface area contributed by atoms with Gasteiger partial charge in [-0.3, -0.25) is 14.2 Å². The normalized spacial score (nSPS) is 14.6. The molecule has 156 valence electrons. The first-order valence-electron chi connectivity index (χ1n) is 9.91. The Hall–Kier alpha value is -3.49. The number of aryl methyl sites for hydroxylation is 2. The van der Waals surface area contributed by atoms with E-state index >= 15 is 0 Å². The zero-order chi connectivity index (χ0) is 21.3. The van der Waals surface area contributed by atoms with Gasteiger partial charge < -0.3 is 14.6 Å². The molecular formula is C21H22N4O5. The van der Waals surface area contributed by atoms with Crippen LogP contribution in [-0.2, 0) is 22.5 Å². The van der Waals surface area contributed by atoms with E-state index in [1.54, 1.807) is 23.6 Å². The van der Waals surface area contributed by atoms with Crippen LogP contribution in [0.2, 0.25) is 0 Å². The van der Waals surface area contributed by atoms with Crippen molar-refractivity contribution in [2.24, 2.45) is 0 Å². The van der Waals surface area contributed by atoms with Crippen LogP contribution in [0.1, 0.15) is 48.1 Å². The number of ether oxygens (including phenoxy) is 1. The van der Waals surface area contributed by atoms with Crippen LogP contribution in [0.15, 0.2) is 33.6 Å². The lowest BCUT2D eigenvalue weighted by Crippen LogP contribution is -2.30. The highest BCUT2D eigenvalue weighted by Gasteiger charge is 2.21. The van der Waals surface area contributed by atoms with Crippen LogP contribution >= 0.6 is 0 Å². The van der Waals surface area contributed by atoms with Gasteiger partial charge >= 0.3 is 5.97 Å². The molecule has 0 bridgehead atoms. The molecule has 3 heterocycles. The maximum atomic E-state index is 12.8. The topological polar surface area (TPSA) is 116 Å². The van der Waals surface area contributed by atoms with E-state index < -0.39 is 18.0 Å². The van der Waals surface area contributed by atoms with Gasteiger partial charge in [0.2, 0.25) is 0 Å². The number of nitrogens with zero attached hydrogens (tertiary/aromatic N) is 3. The molecular weight excluding hydrogens is 388 g/mol. The number of hydrogen-bond donors (Lipinski definition) is 1. The Morgan fingerprint density at radius 2 is 2.07 bits per heavy atom. The van der Waals surface area contributed by atoms with Crippen LogP contribution in [0.3, 0.4) is 0 Å². The van der Waals surface area contributed by atoms with E-state index in [9.17, 15) is 14.4 Å². The molecule has 0 aliphatic carbocycles. The molecule has 4 rings (SSSR count). The van der Waals surface area contributed by atoms with Crippen LogP contribution < -0.4 is 10.9 Å². The Balaban J connectivity index is 1.53. The number of hydrogen-bond acceptors (Lipinski definition) is 7. The molecule has 3 aromatic rings. The van der Waals surface area contributed by atoms with Crippen molar-refractivity contribution in [1.82, 2.24) is 14.7 Å². The average molecular weight is 410 g/mol. The maximum absolute atomic E-state index is 12.8. The molecule has 1 atom stereocenters. The second kappa shape index (κ2) is 8.10. The number of rotatable bonds is 4. The third kappa shape index (κ3) is 3.96. The van der Waals surface area contributed by atoms with Crippen LogP contribution in [-0.4, -0.2) is 32.7 Å². The minimum Gasteiger partial charge on any atom is -0.449 e. The Morgan fingerprint density at radius 1 is 1.23 bits per heavy atom. The predicted octanol–water partition coefficient (Wildman–Crippen LogP) is 2.60. The van der Waals surface area contributed by atoms with Crippen molar-refractivity contribution in [3.63, 3.8) is 0 Å². The van der Waals surface area contributed by atoms with Crippen LogP contribution in [0.25, 0.3) is 10.9 Å². The molecule has 0 fully saturated rings. The monoisotopic (exact) mass is 410 g/mol. The number of fused-ring (bicyclic) bond motifs is 2. The summed E-state index contributed by atoms with van der Waals surface area (Å²) < 4.78 is 11.9. The second-order valence-electron chi connectivity index (χ2n) is 7.39. The van der Waals surface area contributed by atoms with Crippen molar-refractivity contribution in [3.8, 4) is 0 Å². The van der Waals surface area contributed by atoms with Gasteiger partial charge in [0.15, 0.2) is 11.9 Å². The number of esters is 1. The van der Waals surface area contributed by atoms with E-state index in [2.05, 4.69) is 15.5 Å². The number of benzene rings is 1. The van der Waals surface area contributed by atoms with Gasteiger partial charge in [-0.1, -0.05) is 11.6 Å². The Bertz CT molecular complexity index is 1180. The van der Waals surface area contributed by atoms with Crippen molar-refractivity contribution in [2.75, 3.05) is 5.32 Å². The highest BCUT2D eigenvalue weighted by molar-refractivity contribution is 5.98. The second-order valence-corrected chi connectivity index (χ2v) is 7.39. The number of nitrogens with one attached hydrogen (secondary N) is 1. The summed E-state index contributed by atoms with van der Waals surface area (Å²) in [4.78, 5) is 42.2. The number of carbonyl (C=O) groups excluding carboxylic acids is 2. The first kappa shape index (κ1) is 19.8. The highest BCUT2D eigenvalue weighted by atomic mass is 16.5. The van der Waals surface area contributed by atoms with E-state index in [1.807, 2.05) is 0 Å². The summed E-state index contributed by atoms with van der Waals surface area (Å²) >= 11 is 0. The number of amides is 1. The molecule has 1 aliphatic rings. The van der Waals surface area contributed by atoms with Crippen molar-refractivity contribution >= 4 is 28.6 Å². The van der Waals surface area contributed by atoms with E-state index in [1.165, 1.54) is 19.1 Å². The van der Waals surface area contributed by atoms with Crippen LogP contribution in [0.4, 0.5) is 5.82 Å². The Labute approximate surface area is 172 Å². The van der Waals surface area contributed by atoms with Gasteiger partial charge in [0.25, 0.3) is 11.5 Å². The number of carbonyl (C=O) groups is 2. The van der Waals surface area contributed by atoms with Gasteiger partial charge in [0.05, 0.1) is 16.5 Å². The molecule has 9 heteroatoms. The van der Waals surface area contributed by atoms with Crippen molar-refractivity contribution in [3.05, 3.63) is 51.8 Å². The fourth-order valence-electron chi connectivity index (χ4n) is 3.48. The summed E-state index contributed by atoms with van der Waals surface area (Å²) in [5.41, 5.74) is 0.593. The average Bonchev–Trinajstić information content (AvgIpc) is 2.98. The highest BCUT2D eigenvalue weighted by Crippen LogP contribution is 2.17. The van der Waals surface area contributed by atoms with Gasteiger partial charge in [-0.15, -0.1) is 0 Å². The standard InChI is InChI=1S/C21H22N4O5/c1-12-10-17(24-30-12)23-19(26)13(2)29-21(28)14-7-8-15-16(11-14)22-18-6-4-3-5-9-25(18)20(15)27/h7-8,10-11,13H,3-6,9H2,1-2H3,(H,23,24,26)/t13-/m1/s1. The molecule has 0 saturated heterocycles. The minimum absolute atomic E-state index is 0.0903. The number of anilines is 1. The van der Waals surface area contributed by atoms with Crippen LogP contribution in [0.5, 0.6) is 0 Å². The molecule has 0 spiro atoms. The lowest BCUT2D eigenvalue weighted by atomic mass is 10.1. The molecule has 2 aromatic heterocycles.